The van der Waals surface area contributed by atoms with E-state index in [0.29, 0.717) is 37.6 Å². The van der Waals surface area contributed by atoms with E-state index in [2.05, 4.69) is 10.1 Å². The number of nitrogens with zero attached hydrogens (tertiary/aromatic N) is 3. The largest absolute Gasteiger partial charge is 0.394 e. The van der Waals surface area contributed by atoms with Gasteiger partial charge in [0.1, 0.15) is 0 Å². The maximum atomic E-state index is 12.1. The van der Waals surface area contributed by atoms with Gasteiger partial charge in [0.15, 0.2) is 5.82 Å². The lowest BCUT2D eigenvalue weighted by Crippen LogP contribution is -2.50. The number of aliphatic hydroxyl groups is 1. The number of rotatable bonds is 4. The van der Waals surface area contributed by atoms with Crippen molar-refractivity contribution in [2.45, 2.75) is 38.9 Å². The maximum absolute atomic E-state index is 12.1. The van der Waals surface area contributed by atoms with Gasteiger partial charge in [0.05, 0.1) is 18.8 Å². The first kappa shape index (κ1) is 14.0. The molecule has 19 heavy (non-hydrogen) atoms. The summed E-state index contributed by atoms with van der Waals surface area (Å²) in [5, 5.41) is 12.8. The van der Waals surface area contributed by atoms with Gasteiger partial charge in [-0.2, -0.15) is 4.98 Å². The van der Waals surface area contributed by atoms with Crippen LogP contribution in [-0.4, -0.2) is 58.0 Å². The van der Waals surface area contributed by atoms with Crippen molar-refractivity contribution in [1.29, 1.82) is 0 Å². The molecule has 0 aliphatic carbocycles. The van der Waals surface area contributed by atoms with Crippen molar-refractivity contribution in [1.82, 2.24) is 15.0 Å². The van der Waals surface area contributed by atoms with Crippen LogP contribution in [0.4, 0.5) is 0 Å². The lowest BCUT2D eigenvalue weighted by Gasteiger charge is -2.36. The highest BCUT2D eigenvalue weighted by Gasteiger charge is 2.27. The third kappa shape index (κ3) is 3.74. The summed E-state index contributed by atoms with van der Waals surface area (Å²) < 4.78 is 10.5. The van der Waals surface area contributed by atoms with E-state index in [1.165, 1.54) is 0 Å². The van der Waals surface area contributed by atoms with Gasteiger partial charge in [0.25, 0.3) is 0 Å². The van der Waals surface area contributed by atoms with E-state index in [1.54, 1.807) is 11.8 Å². The molecule has 1 amide bonds. The van der Waals surface area contributed by atoms with Crippen LogP contribution in [0.1, 0.15) is 25.1 Å². The fourth-order valence-electron chi connectivity index (χ4n) is 2.16. The van der Waals surface area contributed by atoms with E-state index in [0.717, 1.165) is 0 Å². The molecule has 106 valence electrons. The Kier molecular flexibility index (Phi) is 4.49. The van der Waals surface area contributed by atoms with Crippen molar-refractivity contribution in [3.8, 4) is 0 Å². The molecule has 2 atom stereocenters. The Labute approximate surface area is 111 Å². The van der Waals surface area contributed by atoms with Gasteiger partial charge in [-0.15, -0.1) is 0 Å². The zero-order chi connectivity index (χ0) is 13.8. The van der Waals surface area contributed by atoms with Gasteiger partial charge >= 0.3 is 0 Å². The highest BCUT2D eigenvalue weighted by atomic mass is 16.5. The maximum Gasteiger partial charge on any atom is 0.227 e. The minimum Gasteiger partial charge on any atom is -0.394 e. The number of aromatic nitrogens is 2. The number of aliphatic hydroxyl groups excluding tert-OH is 1. The molecule has 1 N–H and O–H groups in total. The second-order valence-corrected chi connectivity index (χ2v) is 4.79. The summed E-state index contributed by atoms with van der Waals surface area (Å²) >= 11 is 0. The predicted molar refractivity (Wildman–Crippen MR) is 65.4 cm³/mol. The minimum atomic E-state index is -0.293. The second-order valence-electron chi connectivity index (χ2n) is 4.79. The first-order chi connectivity index (χ1) is 9.08. The van der Waals surface area contributed by atoms with Crippen molar-refractivity contribution in [2.75, 3.05) is 19.7 Å². The average Bonchev–Trinajstić information content (AvgIpc) is 2.81. The summed E-state index contributed by atoms with van der Waals surface area (Å²) in [6, 6.07) is 0. The van der Waals surface area contributed by atoms with Crippen molar-refractivity contribution in [3.05, 3.63) is 11.7 Å². The number of hydrogen-bond donors (Lipinski definition) is 1. The lowest BCUT2D eigenvalue weighted by molar-refractivity contribution is -0.147. The van der Waals surface area contributed by atoms with Gasteiger partial charge in [-0.3, -0.25) is 4.79 Å². The van der Waals surface area contributed by atoms with E-state index >= 15 is 0 Å². The third-order valence-electron chi connectivity index (χ3n) is 3.00. The topological polar surface area (TPSA) is 88.7 Å². The number of carbonyl (C=O) groups excluding carboxylic acids is 1. The molecule has 0 radical (unpaired) electrons. The molecule has 2 rings (SSSR count). The number of amides is 1. The molecule has 0 spiro atoms. The number of hydrogen-bond acceptors (Lipinski definition) is 6. The Morgan fingerprint density at radius 3 is 2.95 bits per heavy atom. The molecule has 0 saturated carbocycles. The third-order valence-corrected chi connectivity index (χ3v) is 3.00. The Morgan fingerprint density at radius 1 is 1.53 bits per heavy atom. The SMILES string of the molecule is Cc1noc(CCC(=O)N2CC(C)OC(CO)C2)n1. The number of ether oxygens (including phenoxy) is 1. The van der Waals surface area contributed by atoms with Crippen LogP contribution < -0.4 is 0 Å². The average molecular weight is 269 g/mol. The predicted octanol–water partition coefficient (Wildman–Crippen LogP) is -0.0812. The summed E-state index contributed by atoms with van der Waals surface area (Å²) in [7, 11) is 0. The molecule has 0 aromatic carbocycles. The Bertz CT molecular complexity index is 434. The quantitative estimate of drug-likeness (QED) is 0.822. The van der Waals surface area contributed by atoms with Crippen LogP contribution in [0.3, 0.4) is 0 Å². The monoisotopic (exact) mass is 269 g/mol. The number of carbonyl (C=O) groups is 1. The van der Waals surface area contributed by atoms with Crippen LogP contribution in [0.5, 0.6) is 0 Å². The minimum absolute atomic E-state index is 0.0180. The fraction of sp³-hybridized carbons (Fsp3) is 0.750. The highest BCUT2D eigenvalue weighted by molar-refractivity contribution is 5.76. The molecule has 1 aromatic rings. The van der Waals surface area contributed by atoms with Crippen molar-refractivity contribution >= 4 is 5.91 Å². The molecule has 0 bridgehead atoms. The summed E-state index contributed by atoms with van der Waals surface area (Å²) in [6.07, 6.45) is 0.417. The van der Waals surface area contributed by atoms with E-state index in [4.69, 9.17) is 14.4 Å². The van der Waals surface area contributed by atoms with Gasteiger partial charge in [-0.05, 0) is 13.8 Å². The first-order valence-electron chi connectivity index (χ1n) is 6.41. The van der Waals surface area contributed by atoms with Crippen LogP contribution in [-0.2, 0) is 16.0 Å². The van der Waals surface area contributed by atoms with Crippen LogP contribution in [0.25, 0.3) is 0 Å². The first-order valence-corrected chi connectivity index (χ1v) is 6.41. The van der Waals surface area contributed by atoms with Crippen LogP contribution in [0.15, 0.2) is 4.52 Å². The standard InChI is InChI=1S/C12H19N3O4/c1-8-5-15(6-10(7-16)18-8)12(17)4-3-11-13-9(2)14-19-11/h8,10,16H,3-7H2,1-2H3. The van der Waals surface area contributed by atoms with Crippen LogP contribution in [0.2, 0.25) is 0 Å². The normalized spacial score (nSPS) is 23.6. The molecule has 2 heterocycles. The van der Waals surface area contributed by atoms with E-state index in [9.17, 15) is 4.79 Å². The molecule has 1 aromatic heterocycles. The zero-order valence-corrected chi connectivity index (χ0v) is 11.2. The Morgan fingerprint density at radius 2 is 2.32 bits per heavy atom. The van der Waals surface area contributed by atoms with Crippen molar-refractivity contribution in [2.24, 2.45) is 0 Å². The van der Waals surface area contributed by atoms with Crippen molar-refractivity contribution < 1.29 is 19.2 Å². The molecule has 1 saturated heterocycles. The molecule has 1 aliphatic rings. The molecule has 1 fully saturated rings. The van der Waals surface area contributed by atoms with Gasteiger partial charge < -0.3 is 19.3 Å². The molecule has 1 aliphatic heterocycles. The van der Waals surface area contributed by atoms with Gasteiger partial charge in [0, 0.05) is 25.9 Å². The number of aryl methyl sites for hydroxylation is 2. The van der Waals surface area contributed by atoms with Gasteiger partial charge in [0.2, 0.25) is 11.8 Å². The lowest BCUT2D eigenvalue weighted by atomic mass is 10.2. The molecule has 7 nitrogen and oxygen atoms in total. The summed E-state index contributed by atoms with van der Waals surface area (Å²) in [6.45, 7) is 4.55. The molecular weight excluding hydrogens is 250 g/mol. The Balaban J connectivity index is 1.85. The van der Waals surface area contributed by atoms with Crippen LogP contribution in [0, 0.1) is 6.92 Å². The highest BCUT2D eigenvalue weighted by Crippen LogP contribution is 2.13. The van der Waals surface area contributed by atoms with E-state index in [-0.39, 0.29) is 24.7 Å². The van der Waals surface area contributed by atoms with E-state index in [1.807, 2.05) is 6.92 Å². The molecule has 2 unspecified atom stereocenters. The Hall–Kier alpha value is -1.47. The molecular formula is C12H19N3O4. The number of morpholine rings is 1. The molecule has 7 heteroatoms. The second kappa shape index (κ2) is 6.12. The summed E-state index contributed by atoms with van der Waals surface area (Å²) in [5.41, 5.74) is 0. The van der Waals surface area contributed by atoms with Gasteiger partial charge in [-0.1, -0.05) is 5.16 Å². The smallest absolute Gasteiger partial charge is 0.227 e. The summed E-state index contributed by atoms with van der Waals surface area (Å²) in [5.74, 6) is 1.07. The zero-order valence-electron chi connectivity index (χ0n) is 11.2. The van der Waals surface area contributed by atoms with E-state index < -0.39 is 0 Å². The van der Waals surface area contributed by atoms with Crippen LogP contribution >= 0.6 is 0 Å². The van der Waals surface area contributed by atoms with Crippen molar-refractivity contribution in [3.63, 3.8) is 0 Å². The fourth-order valence-corrected chi connectivity index (χ4v) is 2.16. The van der Waals surface area contributed by atoms with Gasteiger partial charge in [-0.25, -0.2) is 0 Å². The summed E-state index contributed by atoms with van der Waals surface area (Å²) in [4.78, 5) is 17.9.